The lowest BCUT2D eigenvalue weighted by atomic mass is 10.0. The van der Waals surface area contributed by atoms with E-state index in [2.05, 4.69) is 46.7 Å². The standard InChI is InChI=1S/C18H26N4O2/c1-21(2)14-8-10-22(11-9-14)15-5-3-4-13(12-15)19-16-6-7-17(23)20-18(16)24/h3-5,12,14,16,19H,6-11H2,1-2H3,(H,20,23,24). The predicted molar refractivity (Wildman–Crippen MR) is 95.2 cm³/mol. The van der Waals surface area contributed by atoms with Crippen LogP contribution in [0.1, 0.15) is 25.7 Å². The maximum atomic E-state index is 11.9. The van der Waals surface area contributed by atoms with Gasteiger partial charge in [0.25, 0.3) is 0 Å². The highest BCUT2D eigenvalue weighted by Gasteiger charge is 2.26. The topological polar surface area (TPSA) is 64.7 Å². The Morgan fingerprint density at radius 2 is 1.92 bits per heavy atom. The van der Waals surface area contributed by atoms with Crippen LogP contribution in [0.15, 0.2) is 24.3 Å². The van der Waals surface area contributed by atoms with E-state index in [1.54, 1.807) is 0 Å². The SMILES string of the molecule is CN(C)C1CCN(c2cccc(NC3CCC(=O)NC3=O)c2)CC1. The number of carbonyl (C=O) groups excluding carboxylic acids is 2. The second-order valence-corrected chi connectivity index (χ2v) is 6.88. The van der Waals surface area contributed by atoms with Gasteiger partial charge in [-0.25, -0.2) is 0 Å². The van der Waals surface area contributed by atoms with Gasteiger partial charge < -0.3 is 15.1 Å². The molecular formula is C18H26N4O2. The molecule has 0 aliphatic carbocycles. The lowest BCUT2D eigenvalue weighted by Gasteiger charge is -2.36. The van der Waals surface area contributed by atoms with Crippen LogP contribution in [0, 0.1) is 0 Å². The fourth-order valence-electron chi connectivity index (χ4n) is 3.47. The van der Waals surface area contributed by atoms with Crippen LogP contribution in [0.5, 0.6) is 0 Å². The highest BCUT2D eigenvalue weighted by atomic mass is 16.2. The molecule has 3 rings (SSSR count). The Hall–Kier alpha value is -2.08. The molecule has 2 saturated heterocycles. The minimum atomic E-state index is -0.336. The van der Waals surface area contributed by atoms with Crippen LogP contribution < -0.4 is 15.5 Å². The number of nitrogens with zero attached hydrogens (tertiary/aromatic N) is 2. The largest absolute Gasteiger partial charge is 0.374 e. The van der Waals surface area contributed by atoms with Gasteiger partial charge in [-0.1, -0.05) is 6.07 Å². The number of imide groups is 1. The number of nitrogens with one attached hydrogen (secondary N) is 2. The molecule has 0 aromatic heterocycles. The molecule has 1 unspecified atom stereocenters. The maximum absolute atomic E-state index is 11.9. The van der Waals surface area contributed by atoms with Crippen molar-refractivity contribution in [2.24, 2.45) is 0 Å². The number of hydrogen-bond acceptors (Lipinski definition) is 5. The smallest absolute Gasteiger partial charge is 0.249 e. The van der Waals surface area contributed by atoms with Crippen molar-refractivity contribution in [3.05, 3.63) is 24.3 Å². The zero-order chi connectivity index (χ0) is 17.1. The van der Waals surface area contributed by atoms with E-state index >= 15 is 0 Å². The Labute approximate surface area is 143 Å². The minimum absolute atomic E-state index is 0.185. The fraction of sp³-hybridized carbons (Fsp3) is 0.556. The molecule has 2 aliphatic heterocycles. The summed E-state index contributed by atoms with van der Waals surface area (Å²) in [5.74, 6) is -0.418. The summed E-state index contributed by atoms with van der Waals surface area (Å²) in [6, 6.07) is 8.52. The fourth-order valence-corrected chi connectivity index (χ4v) is 3.47. The first-order valence-corrected chi connectivity index (χ1v) is 8.64. The molecule has 2 amide bonds. The van der Waals surface area contributed by atoms with Crippen LogP contribution in [0.3, 0.4) is 0 Å². The van der Waals surface area contributed by atoms with Crippen molar-refractivity contribution < 1.29 is 9.59 Å². The quantitative estimate of drug-likeness (QED) is 0.818. The molecule has 130 valence electrons. The summed E-state index contributed by atoms with van der Waals surface area (Å²) in [4.78, 5) is 27.8. The van der Waals surface area contributed by atoms with Crippen LogP contribution in [0.4, 0.5) is 11.4 Å². The first-order chi connectivity index (χ1) is 11.5. The van der Waals surface area contributed by atoms with Gasteiger partial charge in [0.2, 0.25) is 11.8 Å². The molecule has 6 heteroatoms. The van der Waals surface area contributed by atoms with E-state index < -0.39 is 0 Å². The number of piperidine rings is 2. The van der Waals surface area contributed by atoms with Crippen molar-refractivity contribution in [2.75, 3.05) is 37.4 Å². The van der Waals surface area contributed by atoms with Gasteiger partial charge in [-0.15, -0.1) is 0 Å². The highest BCUT2D eigenvalue weighted by Crippen LogP contribution is 2.25. The van der Waals surface area contributed by atoms with Crippen LogP contribution >= 0.6 is 0 Å². The van der Waals surface area contributed by atoms with Crippen molar-refractivity contribution in [1.29, 1.82) is 0 Å². The number of benzene rings is 1. The zero-order valence-corrected chi connectivity index (χ0v) is 14.4. The van der Waals surface area contributed by atoms with Crippen molar-refractivity contribution >= 4 is 23.2 Å². The predicted octanol–water partition coefficient (Wildman–Crippen LogP) is 1.43. The van der Waals surface area contributed by atoms with E-state index in [0.29, 0.717) is 18.9 Å². The van der Waals surface area contributed by atoms with Crippen molar-refractivity contribution in [3.63, 3.8) is 0 Å². The van der Waals surface area contributed by atoms with Crippen molar-refractivity contribution in [2.45, 2.75) is 37.8 Å². The second-order valence-electron chi connectivity index (χ2n) is 6.88. The van der Waals surface area contributed by atoms with Gasteiger partial charge >= 0.3 is 0 Å². The Morgan fingerprint density at radius 1 is 1.17 bits per heavy atom. The molecule has 6 nitrogen and oxygen atoms in total. The second kappa shape index (κ2) is 7.21. The summed E-state index contributed by atoms with van der Waals surface area (Å²) in [5, 5.41) is 5.65. The van der Waals surface area contributed by atoms with E-state index in [4.69, 9.17) is 0 Å². The average molecular weight is 330 g/mol. The van der Waals surface area contributed by atoms with Gasteiger partial charge in [0.1, 0.15) is 6.04 Å². The monoisotopic (exact) mass is 330 g/mol. The summed E-state index contributed by atoms with van der Waals surface area (Å²) < 4.78 is 0. The lowest BCUT2D eigenvalue weighted by Crippen LogP contribution is -2.47. The molecule has 1 atom stereocenters. The number of carbonyl (C=O) groups is 2. The van der Waals surface area contributed by atoms with Crippen LogP contribution in [-0.2, 0) is 9.59 Å². The Balaban J connectivity index is 1.62. The lowest BCUT2D eigenvalue weighted by molar-refractivity contribution is -0.133. The third kappa shape index (κ3) is 3.87. The summed E-state index contributed by atoms with van der Waals surface area (Å²) in [6.07, 6.45) is 3.26. The molecule has 0 saturated carbocycles. The number of amides is 2. The molecule has 2 N–H and O–H groups in total. The molecule has 24 heavy (non-hydrogen) atoms. The third-order valence-corrected chi connectivity index (χ3v) is 4.99. The Kier molecular flexibility index (Phi) is 5.04. The molecule has 0 spiro atoms. The first kappa shape index (κ1) is 16.8. The zero-order valence-electron chi connectivity index (χ0n) is 14.4. The number of hydrogen-bond donors (Lipinski definition) is 2. The van der Waals surface area contributed by atoms with Crippen LogP contribution in [0.25, 0.3) is 0 Å². The summed E-state index contributed by atoms with van der Waals surface area (Å²) in [6.45, 7) is 2.09. The molecule has 2 heterocycles. The van der Waals surface area contributed by atoms with Gasteiger partial charge in [0.05, 0.1) is 0 Å². The highest BCUT2D eigenvalue weighted by molar-refractivity contribution is 6.01. The number of rotatable bonds is 4. The van der Waals surface area contributed by atoms with E-state index in [0.717, 1.165) is 31.6 Å². The van der Waals surface area contributed by atoms with Crippen molar-refractivity contribution in [1.82, 2.24) is 10.2 Å². The van der Waals surface area contributed by atoms with Gasteiger partial charge in [-0.05, 0) is 51.6 Å². The van der Waals surface area contributed by atoms with E-state index in [1.807, 2.05) is 12.1 Å². The average Bonchev–Trinajstić information content (AvgIpc) is 2.58. The molecule has 2 fully saturated rings. The first-order valence-electron chi connectivity index (χ1n) is 8.64. The van der Waals surface area contributed by atoms with E-state index in [1.165, 1.54) is 5.69 Å². The van der Waals surface area contributed by atoms with Crippen molar-refractivity contribution in [3.8, 4) is 0 Å². The summed E-state index contributed by atoms with van der Waals surface area (Å²) in [7, 11) is 4.29. The molecule has 2 aliphatic rings. The maximum Gasteiger partial charge on any atom is 0.249 e. The van der Waals surface area contributed by atoms with Crippen LogP contribution in [-0.4, -0.2) is 56.0 Å². The molecule has 1 aromatic rings. The number of anilines is 2. The van der Waals surface area contributed by atoms with Crippen LogP contribution in [0.2, 0.25) is 0 Å². The van der Waals surface area contributed by atoms with Gasteiger partial charge in [0.15, 0.2) is 0 Å². The van der Waals surface area contributed by atoms with Gasteiger partial charge in [-0.3, -0.25) is 14.9 Å². The van der Waals surface area contributed by atoms with Gasteiger partial charge in [0, 0.05) is 36.9 Å². The Bertz CT molecular complexity index is 609. The normalized spacial score (nSPS) is 22.6. The summed E-state index contributed by atoms with van der Waals surface area (Å²) in [5.41, 5.74) is 2.11. The molecule has 0 bridgehead atoms. The summed E-state index contributed by atoms with van der Waals surface area (Å²) >= 11 is 0. The van der Waals surface area contributed by atoms with E-state index in [9.17, 15) is 9.59 Å². The Morgan fingerprint density at radius 3 is 2.58 bits per heavy atom. The molecule has 0 radical (unpaired) electrons. The minimum Gasteiger partial charge on any atom is -0.374 e. The third-order valence-electron chi connectivity index (χ3n) is 4.99. The van der Waals surface area contributed by atoms with Gasteiger partial charge in [-0.2, -0.15) is 0 Å². The molecule has 1 aromatic carbocycles. The van der Waals surface area contributed by atoms with E-state index in [-0.39, 0.29) is 17.9 Å². The molecular weight excluding hydrogens is 304 g/mol.